The lowest BCUT2D eigenvalue weighted by atomic mass is 9.86. The standard InChI is InChI=1S/C46H70N16O4S2.C38H58N12O4S2.CH4/c1-45(2,3)29-23-31(59-35(63)14-7-9-16-55-41(47)48)37(67-20-18-57-43(51)52)33(25-29)61-39(65)27-12-11-13-28(22-27)40(66)62-34-26-30(46(4,5)6)24-32(38(34)68-21-19-58-44(53)54)60-36(64)15-8-10-17-56-42(49)50;1-37(2,3)21-15-25(31(55-13-9-41)27(17-21)49-35(43)44)47-33(51)23-19-24(30(54-12-8-40)20-29(23)53-11-7-39)34(52)48-26-16-22(38(4,5)6)18-28(50-36(45)46)32(26)56-14-10-42;/h11-13,22-26H,7-10,14-21H2,1-6H3,(H,59,63)(H,60,64)(H,61,65)(H,62,66)(H4,47,48,55)(H4,49,50,56)(H4,51,52,57)(H4,53,54,58);15-20H,7-14,39-42H2,1-6H3,(H,47,51)(H,48,52)(H4,43,44,49)(H4,45,46,50);1H4. The maximum Gasteiger partial charge on any atom is 0.259 e. The van der Waals surface area contributed by atoms with Gasteiger partial charge in [-0.1, -0.05) is 96.6 Å². The van der Waals surface area contributed by atoms with Crippen molar-refractivity contribution in [3.8, 4) is 11.5 Å². The number of amides is 6. The van der Waals surface area contributed by atoms with Gasteiger partial charge in [0.15, 0.2) is 35.8 Å². The Morgan fingerprint density at radius 3 is 0.936 bits per heavy atom. The number of guanidine groups is 6. The molecule has 0 unspecified atom stereocenters. The van der Waals surface area contributed by atoms with Gasteiger partial charge in [-0.25, -0.2) is 9.98 Å². The number of rotatable bonds is 42. The molecule has 0 aliphatic heterocycles. The molecule has 6 rings (SSSR count). The van der Waals surface area contributed by atoms with E-state index in [9.17, 15) is 28.8 Å². The van der Waals surface area contributed by atoms with Crippen molar-refractivity contribution in [3.63, 3.8) is 0 Å². The monoisotopic (exact) mass is 1800 g/mol. The average molecular weight is 1800 g/mol. The van der Waals surface area contributed by atoms with Crippen molar-refractivity contribution in [3.05, 3.63) is 129 Å². The minimum atomic E-state index is -0.586. The molecule has 0 saturated heterocycles. The summed E-state index contributed by atoms with van der Waals surface area (Å²) in [5.41, 5.74) is 96.9. The Labute approximate surface area is 750 Å². The molecule has 36 nitrogen and oxygen atoms in total. The number of carbonyl (C=O) groups is 6. The number of anilines is 6. The molecule has 0 radical (unpaired) electrons. The van der Waals surface area contributed by atoms with Crippen LogP contribution in [0.1, 0.15) is 193 Å². The van der Waals surface area contributed by atoms with E-state index in [-0.39, 0.29) is 163 Å². The van der Waals surface area contributed by atoms with Crippen LogP contribution in [0.4, 0.5) is 45.5 Å². The fourth-order valence-corrected chi connectivity index (χ4v) is 15.0. The molecular formula is C85H132N28O8S4. The highest BCUT2D eigenvalue weighted by Gasteiger charge is 2.30. The van der Waals surface area contributed by atoms with E-state index in [4.69, 9.17) is 101 Å². The second-order valence-corrected chi connectivity index (χ2v) is 36.8. The molecule has 0 aromatic heterocycles. The molecule has 125 heavy (non-hydrogen) atoms. The predicted molar refractivity (Wildman–Crippen MR) is 521 cm³/mol. The van der Waals surface area contributed by atoms with Crippen LogP contribution >= 0.6 is 47.0 Å². The van der Waals surface area contributed by atoms with Gasteiger partial charge in [-0.3, -0.25) is 48.7 Å². The SMILES string of the molecule is C.CC(C)(C)c1cc(N=C(N)N)c(SCCN)c(NC(=O)c2cc(C(=O)Nc3cc(C(C)(C)C)cc(N=C(N)N)c3SCCN)c(OCCN)cc2OCCN)c1.CC(C)(C)c1cc(NC(=O)CCCCN=C(N)N)c(SCCN=C(N)N)c(NC(=O)c2cccc(C(=O)Nc3cc(C(C)(C)C)cc(NC(=O)CCCCN=C(N)N)c3SCCN=C(N)N)c2)c1. The van der Waals surface area contributed by atoms with Crippen LogP contribution in [-0.4, -0.2) is 160 Å². The van der Waals surface area contributed by atoms with Gasteiger partial charge in [0.25, 0.3) is 23.6 Å². The van der Waals surface area contributed by atoms with Gasteiger partial charge in [0.05, 0.1) is 89.3 Å². The van der Waals surface area contributed by atoms with Gasteiger partial charge in [-0.15, -0.1) is 47.0 Å². The van der Waals surface area contributed by atoms with Gasteiger partial charge in [-0.05, 0) is 142 Å². The summed E-state index contributed by atoms with van der Waals surface area (Å²) in [6, 6.07) is 24.3. The molecule has 38 N–H and O–H groups in total. The van der Waals surface area contributed by atoms with E-state index in [1.54, 1.807) is 18.2 Å². The number of hydrogen-bond donors (Lipinski definition) is 22. The van der Waals surface area contributed by atoms with Crippen molar-refractivity contribution in [2.24, 2.45) is 122 Å². The first-order valence-corrected chi connectivity index (χ1v) is 44.1. The van der Waals surface area contributed by atoms with Crippen molar-refractivity contribution in [1.82, 2.24) is 0 Å². The number of carbonyl (C=O) groups excluding carboxylic acids is 6. The summed E-state index contributed by atoms with van der Waals surface area (Å²) in [6.07, 6.45) is 2.74. The van der Waals surface area contributed by atoms with Crippen LogP contribution in [0.5, 0.6) is 11.5 Å². The highest BCUT2D eigenvalue weighted by Crippen LogP contribution is 2.46. The summed E-state index contributed by atoms with van der Waals surface area (Å²) >= 11 is 5.51. The van der Waals surface area contributed by atoms with E-state index in [0.29, 0.717) is 140 Å². The molecule has 0 fully saturated rings. The highest BCUT2D eigenvalue weighted by molar-refractivity contribution is 8.00. The Morgan fingerprint density at radius 2 is 0.632 bits per heavy atom. The molecule has 0 heterocycles. The van der Waals surface area contributed by atoms with Crippen LogP contribution in [-0.2, 0) is 31.2 Å². The third-order valence-electron chi connectivity index (χ3n) is 17.7. The number of nitrogens with two attached hydrogens (primary N) is 16. The Hall–Kier alpha value is -11.4. The van der Waals surface area contributed by atoms with E-state index in [1.165, 1.54) is 65.2 Å². The summed E-state index contributed by atoms with van der Waals surface area (Å²) < 4.78 is 12.0. The Kier molecular flexibility index (Phi) is 42.8. The lowest BCUT2D eigenvalue weighted by Gasteiger charge is -2.25. The molecule has 6 amide bonds. The number of nitrogens with zero attached hydrogens (tertiary/aromatic N) is 6. The number of ether oxygens (including phenoxy) is 2. The number of unbranched alkanes of at least 4 members (excludes halogenated alkanes) is 2. The molecule has 684 valence electrons. The van der Waals surface area contributed by atoms with E-state index in [0.717, 1.165) is 22.3 Å². The quantitative estimate of drug-likeness (QED) is 0.00741. The average Bonchev–Trinajstić information content (AvgIpc) is 0.790. The number of aliphatic imine (C=N–C) groups is 6. The molecule has 0 aliphatic rings. The molecule has 0 aliphatic carbocycles. The van der Waals surface area contributed by atoms with Crippen LogP contribution in [0.25, 0.3) is 0 Å². The molecule has 0 saturated carbocycles. The molecule has 40 heteroatoms. The Balaban J connectivity index is 0.000000530. The summed E-state index contributed by atoms with van der Waals surface area (Å²) in [5, 5.41) is 18.3. The van der Waals surface area contributed by atoms with Gasteiger partial charge < -0.3 is 133 Å². The van der Waals surface area contributed by atoms with E-state index >= 15 is 0 Å². The number of benzene rings is 6. The second kappa shape index (κ2) is 50.5. The lowest BCUT2D eigenvalue weighted by Crippen LogP contribution is -2.23. The largest absolute Gasteiger partial charge is 0.491 e. The van der Waals surface area contributed by atoms with Crippen LogP contribution in [0.2, 0.25) is 0 Å². The number of nitrogens with one attached hydrogen (secondary N) is 6. The van der Waals surface area contributed by atoms with E-state index < -0.39 is 23.6 Å². The van der Waals surface area contributed by atoms with Crippen LogP contribution in [0.3, 0.4) is 0 Å². The van der Waals surface area contributed by atoms with Gasteiger partial charge in [0, 0.05) is 92.3 Å². The third kappa shape index (κ3) is 35.6. The first kappa shape index (κ1) is 106. The predicted octanol–water partition coefficient (Wildman–Crippen LogP) is 8.29. The molecular weight excluding hydrogens is 1670 g/mol. The zero-order valence-corrected chi connectivity index (χ0v) is 76.3. The summed E-state index contributed by atoms with van der Waals surface area (Å²) in [7, 11) is 0. The fraction of sp³-hybridized carbons (Fsp3) is 0.435. The van der Waals surface area contributed by atoms with Gasteiger partial charge in [0.2, 0.25) is 11.8 Å². The molecule has 6 aromatic rings. The van der Waals surface area contributed by atoms with Crippen molar-refractivity contribution < 1.29 is 38.2 Å². The topological polar surface area (TPSA) is 684 Å². The summed E-state index contributed by atoms with van der Waals surface area (Å²) in [4.78, 5) is 111. The van der Waals surface area contributed by atoms with Gasteiger partial charge in [-0.2, -0.15) is 0 Å². The first-order chi connectivity index (χ1) is 58.3. The zero-order valence-electron chi connectivity index (χ0n) is 73.0. The minimum Gasteiger partial charge on any atom is -0.491 e. The fourth-order valence-electron chi connectivity index (χ4n) is 11.5. The number of hydrogen-bond acceptors (Lipinski definition) is 22. The maximum absolute atomic E-state index is 14.5. The van der Waals surface area contributed by atoms with Gasteiger partial charge in [0.1, 0.15) is 24.7 Å². The van der Waals surface area contributed by atoms with Crippen molar-refractivity contribution in [1.29, 1.82) is 0 Å². The second-order valence-electron chi connectivity index (χ2n) is 32.3. The van der Waals surface area contributed by atoms with Crippen molar-refractivity contribution in [2.75, 3.05) is 120 Å². The van der Waals surface area contributed by atoms with Crippen LogP contribution < -0.4 is 133 Å². The van der Waals surface area contributed by atoms with Crippen LogP contribution in [0.15, 0.2) is 134 Å². The Bertz CT molecular complexity index is 4580. The normalized spacial score (nSPS) is 11.2. The third-order valence-corrected chi connectivity index (χ3v) is 22.3. The molecule has 0 atom stereocenters. The van der Waals surface area contributed by atoms with Crippen molar-refractivity contribution in [2.45, 2.75) is 170 Å². The maximum atomic E-state index is 14.5. The number of thioether (sulfide) groups is 4. The summed E-state index contributed by atoms with van der Waals surface area (Å²) in [5.74, 6) is -0.912. The smallest absolute Gasteiger partial charge is 0.259 e. The lowest BCUT2D eigenvalue weighted by molar-refractivity contribution is -0.117. The zero-order chi connectivity index (χ0) is 92.4. The van der Waals surface area contributed by atoms with E-state index in [2.05, 4.69) is 61.9 Å². The first-order valence-electron chi connectivity index (χ1n) is 40.1. The molecule has 0 bridgehead atoms. The van der Waals surface area contributed by atoms with Gasteiger partial charge >= 0.3 is 0 Å². The van der Waals surface area contributed by atoms with E-state index in [1.807, 2.05) is 132 Å². The van der Waals surface area contributed by atoms with Crippen molar-refractivity contribution >= 4 is 164 Å². The highest BCUT2D eigenvalue weighted by atomic mass is 32.2. The minimum absolute atomic E-state index is 0. The molecule has 6 aromatic carbocycles. The molecule has 0 spiro atoms. The Morgan fingerprint density at radius 1 is 0.336 bits per heavy atom. The summed E-state index contributed by atoms with van der Waals surface area (Å²) in [6.45, 7) is 26.9. The van der Waals surface area contributed by atoms with Crippen LogP contribution in [0, 0.1) is 0 Å².